The zero-order valence-electron chi connectivity index (χ0n) is 14.6. The average molecular weight is 380 g/mol. The monoisotopic (exact) mass is 379 g/mol. The molecule has 0 aliphatic rings. The highest BCUT2D eigenvalue weighted by Gasteiger charge is 2.20. The van der Waals surface area contributed by atoms with Gasteiger partial charge in [-0.1, -0.05) is 30.3 Å². The second kappa shape index (κ2) is 10.5. The van der Waals surface area contributed by atoms with E-state index in [0.29, 0.717) is 31.7 Å². The Morgan fingerprint density at radius 3 is 2.46 bits per heavy atom. The van der Waals surface area contributed by atoms with E-state index < -0.39 is 11.7 Å². The Hall–Kier alpha value is -2.44. The average Bonchev–Trinajstić information content (AvgIpc) is 2.60. The van der Waals surface area contributed by atoms with Crippen molar-refractivity contribution in [1.82, 2.24) is 4.90 Å². The van der Waals surface area contributed by atoms with Crippen molar-refractivity contribution in [3.63, 3.8) is 0 Å². The van der Waals surface area contributed by atoms with Crippen molar-refractivity contribution in [2.45, 2.75) is 19.9 Å². The maximum atomic E-state index is 14.2. The number of benzene rings is 2. The van der Waals surface area contributed by atoms with E-state index in [1.165, 1.54) is 25.1 Å². The summed E-state index contributed by atoms with van der Waals surface area (Å²) in [5.74, 6) is -1.33. The molecule has 0 aliphatic heterocycles. The Labute approximate surface area is 158 Å². The number of nitrogens with two attached hydrogens (primary N) is 1. The molecule has 5 nitrogen and oxygen atoms in total. The molecule has 0 bridgehead atoms. The Morgan fingerprint density at radius 1 is 1.15 bits per heavy atom. The quantitative estimate of drug-likeness (QED) is 0.775. The minimum atomic E-state index is -0.620. The number of rotatable bonds is 7. The molecule has 0 spiro atoms. The fraction of sp³-hybridized carbons (Fsp3) is 0.263. The Kier molecular flexibility index (Phi) is 8.75. The van der Waals surface area contributed by atoms with E-state index in [-0.39, 0.29) is 23.9 Å². The molecule has 0 radical (unpaired) electrons. The lowest BCUT2D eigenvalue weighted by Crippen LogP contribution is -2.33. The summed E-state index contributed by atoms with van der Waals surface area (Å²) in [7, 11) is 0. The van der Waals surface area contributed by atoms with Crippen molar-refractivity contribution in [2.24, 2.45) is 5.73 Å². The van der Waals surface area contributed by atoms with Crippen LogP contribution in [0.2, 0.25) is 0 Å². The van der Waals surface area contributed by atoms with Gasteiger partial charge in [-0.25, -0.2) is 4.39 Å². The number of halogens is 2. The molecule has 2 rings (SSSR count). The van der Waals surface area contributed by atoms with Gasteiger partial charge in [0.1, 0.15) is 5.82 Å². The van der Waals surface area contributed by atoms with Gasteiger partial charge in [-0.15, -0.1) is 12.4 Å². The minimum absolute atomic E-state index is 0. The highest BCUT2D eigenvalue weighted by atomic mass is 35.5. The summed E-state index contributed by atoms with van der Waals surface area (Å²) in [6, 6.07) is 13.5. The molecular formula is C19H23ClFN3O2. The van der Waals surface area contributed by atoms with Gasteiger partial charge in [0.05, 0.1) is 5.56 Å². The first-order chi connectivity index (χ1) is 12.0. The van der Waals surface area contributed by atoms with Gasteiger partial charge in [0.2, 0.25) is 5.91 Å². The van der Waals surface area contributed by atoms with E-state index in [9.17, 15) is 14.0 Å². The van der Waals surface area contributed by atoms with E-state index in [4.69, 9.17) is 5.73 Å². The molecule has 2 aromatic rings. The van der Waals surface area contributed by atoms with Crippen LogP contribution >= 0.6 is 12.4 Å². The van der Waals surface area contributed by atoms with Crippen LogP contribution in [0.25, 0.3) is 0 Å². The number of carbonyl (C=O) groups excluding carboxylic acids is 2. The highest BCUT2D eigenvalue weighted by molar-refractivity contribution is 5.97. The van der Waals surface area contributed by atoms with Crippen molar-refractivity contribution >= 4 is 29.9 Å². The molecule has 0 saturated heterocycles. The van der Waals surface area contributed by atoms with E-state index in [2.05, 4.69) is 5.32 Å². The van der Waals surface area contributed by atoms with Crippen molar-refractivity contribution in [1.29, 1.82) is 0 Å². The lowest BCUT2D eigenvalue weighted by molar-refractivity contribution is -0.114. The molecule has 26 heavy (non-hydrogen) atoms. The molecule has 3 N–H and O–H groups in total. The molecule has 0 fully saturated rings. The number of nitrogens with one attached hydrogen (secondary N) is 1. The predicted molar refractivity (Wildman–Crippen MR) is 103 cm³/mol. The third kappa shape index (κ3) is 6.13. The van der Waals surface area contributed by atoms with Gasteiger partial charge < -0.3 is 16.0 Å². The lowest BCUT2D eigenvalue weighted by Gasteiger charge is -2.23. The summed E-state index contributed by atoms with van der Waals surface area (Å²) in [5, 5.41) is 2.56. The smallest absolute Gasteiger partial charge is 0.257 e. The SMILES string of the molecule is CC(=O)Nc1ccc(F)c(C(=O)N(CCCN)Cc2ccccc2)c1.Cl. The van der Waals surface area contributed by atoms with Gasteiger partial charge in [0.15, 0.2) is 0 Å². The van der Waals surface area contributed by atoms with Gasteiger partial charge in [0.25, 0.3) is 5.91 Å². The molecule has 0 aliphatic carbocycles. The standard InChI is InChI=1S/C19H22FN3O2.ClH/c1-14(24)22-16-8-9-18(20)17(12-16)19(25)23(11-5-10-21)13-15-6-3-2-4-7-15;/h2-4,6-9,12H,5,10-11,13,21H2,1H3,(H,22,24);1H. The number of hydrogen-bond acceptors (Lipinski definition) is 3. The maximum Gasteiger partial charge on any atom is 0.257 e. The Balaban J connectivity index is 0.00000338. The van der Waals surface area contributed by atoms with Crippen LogP contribution in [0, 0.1) is 5.82 Å². The van der Waals surface area contributed by atoms with Crippen LogP contribution in [0.1, 0.15) is 29.3 Å². The fourth-order valence-electron chi connectivity index (χ4n) is 2.48. The van der Waals surface area contributed by atoms with Crippen LogP contribution in [-0.4, -0.2) is 29.8 Å². The van der Waals surface area contributed by atoms with Crippen LogP contribution in [0.4, 0.5) is 10.1 Å². The third-order valence-electron chi connectivity index (χ3n) is 3.65. The lowest BCUT2D eigenvalue weighted by atomic mass is 10.1. The number of amides is 2. The molecule has 140 valence electrons. The molecule has 7 heteroatoms. The molecule has 0 unspecified atom stereocenters. The van der Waals surface area contributed by atoms with E-state index >= 15 is 0 Å². The van der Waals surface area contributed by atoms with Crippen LogP contribution in [-0.2, 0) is 11.3 Å². The second-order valence-corrected chi connectivity index (χ2v) is 5.73. The van der Waals surface area contributed by atoms with Crippen LogP contribution in [0.3, 0.4) is 0 Å². The summed E-state index contributed by atoms with van der Waals surface area (Å²) in [6.07, 6.45) is 0.617. The maximum absolute atomic E-state index is 14.2. The predicted octanol–water partition coefficient (Wildman–Crippen LogP) is 3.20. The molecule has 2 aromatic carbocycles. The minimum Gasteiger partial charge on any atom is -0.334 e. The molecular weight excluding hydrogens is 357 g/mol. The zero-order chi connectivity index (χ0) is 18.2. The molecule has 0 aromatic heterocycles. The van der Waals surface area contributed by atoms with Gasteiger partial charge in [-0.2, -0.15) is 0 Å². The largest absolute Gasteiger partial charge is 0.334 e. The summed E-state index contributed by atoms with van der Waals surface area (Å²) in [4.78, 5) is 25.6. The Morgan fingerprint density at radius 2 is 1.85 bits per heavy atom. The van der Waals surface area contributed by atoms with Crippen LogP contribution < -0.4 is 11.1 Å². The van der Waals surface area contributed by atoms with Crippen molar-refractivity contribution in [3.8, 4) is 0 Å². The first-order valence-electron chi connectivity index (χ1n) is 8.11. The van der Waals surface area contributed by atoms with E-state index in [0.717, 1.165) is 5.56 Å². The first-order valence-corrected chi connectivity index (χ1v) is 8.11. The molecule has 2 amide bonds. The number of hydrogen-bond donors (Lipinski definition) is 2. The van der Waals surface area contributed by atoms with Gasteiger partial charge in [0, 0.05) is 25.7 Å². The highest BCUT2D eigenvalue weighted by Crippen LogP contribution is 2.18. The van der Waals surface area contributed by atoms with Gasteiger partial charge in [-0.05, 0) is 36.7 Å². The molecule has 0 atom stereocenters. The van der Waals surface area contributed by atoms with Crippen LogP contribution in [0.5, 0.6) is 0 Å². The summed E-state index contributed by atoms with van der Waals surface area (Å²) >= 11 is 0. The fourth-order valence-corrected chi connectivity index (χ4v) is 2.48. The van der Waals surface area contributed by atoms with Gasteiger partial charge >= 0.3 is 0 Å². The van der Waals surface area contributed by atoms with Gasteiger partial charge in [-0.3, -0.25) is 9.59 Å². The summed E-state index contributed by atoms with van der Waals surface area (Å²) in [5.41, 5.74) is 6.82. The molecule has 0 heterocycles. The number of anilines is 1. The van der Waals surface area contributed by atoms with Crippen LogP contribution in [0.15, 0.2) is 48.5 Å². The number of nitrogens with zero attached hydrogens (tertiary/aromatic N) is 1. The van der Waals surface area contributed by atoms with E-state index in [1.807, 2.05) is 30.3 Å². The normalized spacial score (nSPS) is 9.96. The topological polar surface area (TPSA) is 75.4 Å². The third-order valence-corrected chi connectivity index (χ3v) is 3.65. The Bertz CT molecular complexity index is 741. The van der Waals surface area contributed by atoms with Crippen molar-refractivity contribution < 1.29 is 14.0 Å². The van der Waals surface area contributed by atoms with Crippen molar-refractivity contribution in [2.75, 3.05) is 18.4 Å². The van der Waals surface area contributed by atoms with E-state index in [1.54, 1.807) is 4.90 Å². The zero-order valence-corrected chi connectivity index (χ0v) is 15.4. The second-order valence-electron chi connectivity index (χ2n) is 5.73. The molecule has 0 saturated carbocycles. The van der Waals surface area contributed by atoms with Crippen molar-refractivity contribution in [3.05, 3.63) is 65.5 Å². The first kappa shape index (κ1) is 21.6. The summed E-state index contributed by atoms with van der Waals surface area (Å²) in [6.45, 7) is 2.58. The summed E-state index contributed by atoms with van der Waals surface area (Å²) < 4.78 is 14.2. The number of carbonyl (C=O) groups is 2.